The van der Waals surface area contributed by atoms with Crippen LogP contribution in [-0.4, -0.2) is 27.7 Å². The first-order valence-electron chi connectivity index (χ1n) is 8.44. The number of nitrogens with zero attached hydrogens (tertiary/aromatic N) is 2. The van der Waals surface area contributed by atoms with Gasteiger partial charge >= 0.3 is 5.69 Å². The summed E-state index contributed by atoms with van der Waals surface area (Å²) in [5, 5.41) is 3.29. The molecule has 2 N–H and O–H groups in total. The van der Waals surface area contributed by atoms with Gasteiger partial charge in [-0.05, 0) is 37.5 Å². The Morgan fingerprint density at radius 3 is 2.75 bits per heavy atom. The first kappa shape index (κ1) is 16.5. The van der Waals surface area contributed by atoms with Crippen LogP contribution in [0.15, 0.2) is 27.8 Å². The fourth-order valence-electron chi connectivity index (χ4n) is 3.12. The van der Waals surface area contributed by atoms with E-state index in [9.17, 15) is 9.59 Å². The van der Waals surface area contributed by atoms with Gasteiger partial charge in [-0.25, -0.2) is 9.36 Å². The summed E-state index contributed by atoms with van der Waals surface area (Å²) in [6.07, 6.45) is 2.20. The quantitative estimate of drug-likeness (QED) is 0.902. The van der Waals surface area contributed by atoms with Gasteiger partial charge in [-0.1, -0.05) is 25.5 Å². The van der Waals surface area contributed by atoms with Crippen LogP contribution in [0.25, 0.3) is 5.69 Å². The number of rotatable bonds is 4. The molecule has 1 aliphatic rings. The third-order valence-corrected chi connectivity index (χ3v) is 4.70. The number of benzene rings is 1. The fourth-order valence-corrected chi connectivity index (χ4v) is 3.12. The second-order valence-electron chi connectivity index (χ2n) is 6.38. The zero-order valence-corrected chi connectivity index (χ0v) is 14.5. The number of unbranched alkanes of at least 4 members (excludes halogenated alkanes) is 1. The highest BCUT2D eigenvalue weighted by molar-refractivity contribution is 5.55. The van der Waals surface area contributed by atoms with E-state index in [2.05, 4.69) is 22.1 Å². The molecule has 0 saturated heterocycles. The lowest BCUT2D eigenvalue weighted by Crippen LogP contribution is -2.43. The molecule has 0 aliphatic carbocycles. The van der Waals surface area contributed by atoms with Crippen molar-refractivity contribution in [2.24, 2.45) is 0 Å². The molecule has 0 saturated carbocycles. The number of H-pyrrole nitrogens is 1. The average molecular weight is 328 g/mol. The zero-order valence-electron chi connectivity index (χ0n) is 14.5. The molecule has 0 amide bonds. The topological polar surface area (TPSA) is 70.1 Å². The molecule has 3 rings (SSSR count). The monoisotopic (exact) mass is 328 g/mol. The lowest BCUT2D eigenvalue weighted by Gasteiger charge is -2.31. The van der Waals surface area contributed by atoms with Crippen LogP contribution in [0.4, 0.5) is 5.82 Å². The fraction of sp³-hybridized carbons (Fsp3) is 0.444. The van der Waals surface area contributed by atoms with Crippen molar-refractivity contribution in [3.8, 4) is 5.69 Å². The van der Waals surface area contributed by atoms with Gasteiger partial charge in [0.15, 0.2) is 0 Å². The van der Waals surface area contributed by atoms with E-state index in [0.29, 0.717) is 24.6 Å². The Labute approximate surface area is 141 Å². The Morgan fingerprint density at radius 1 is 1.21 bits per heavy atom. The van der Waals surface area contributed by atoms with Crippen LogP contribution in [0.1, 0.15) is 36.5 Å². The molecule has 0 unspecified atom stereocenters. The molecule has 6 nitrogen and oxygen atoms in total. The molecule has 2 aromatic rings. The van der Waals surface area contributed by atoms with E-state index in [-0.39, 0.29) is 5.56 Å². The average Bonchev–Trinajstić information content (AvgIpc) is 2.57. The smallest absolute Gasteiger partial charge is 0.334 e. The van der Waals surface area contributed by atoms with Crippen LogP contribution >= 0.6 is 0 Å². The summed E-state index contributed by atoms with van der Waals surface area (Å²) in [4.78, 5) is 29.5. The minimum Gasteiger partial charge on any atom is -0.358 e. The molecule has 0 bridgehead atoms. The van der Waals surface area contributed by atoms with Crippen molar-refractivity contribution in [3.05, 3.63) is 55.7 Å². The van der Waals surface area contributed by atoms with E-state index >= 15 is 0 Å². The molecular formula is C18H24N4O2. The number of aromatic amines is 1. The minimum absolute atomic E-state index is 0.301. The van der Waals surface area contributed by atoms with Crippen molar-refractivity contribution in [1.29, 1.82) is 0 Å². The second-order valence-corrected chi connectivity index (χ2v) is 6.38. The maximum atomic E-state index is 12.5. The zero-order chi connectivity index (χ0) is 17.3. The maximum absolute atomic E-state index is 12.5. The van der Waals surface area contributed by atoms with Gasteiger partial charge in [0, 0.05) is 13.1 Å². The van der Waals surface area contributed by atoms with Crippen molar-refractivity contribution in [3.63, 3.8) is 0 Å². The normalized spacial score (nSPS) is 14.3. The summed E-state index contributed by atoms with van der Waals surface area (Å²) in [6, 6.07) is 5.85. The SMILES string of the molecule is CCCCN1CNc2c(c(=O)[nH]c(=O)n2-c2cccc(C)c2C)C1. The first-order valence-corrected chi connectivity index (χ1v) is 8.44. The van der Waals surface area contributed by atoms with Crippen molar-refractivity contribution in [1.82, 2.24) is 14.5 Å². The highest BCUT2D eigenvalue weighted by Gasteiger charge is 2.23. The number of aryl methyl sites for hydroxylation is 1. The first-order chi connectivity index (χ1) is 11.5. The predicted molar refractivity (Wildman–Crippen MR) is 95.9 cm³/mol. The Kier molecular flexibility index (Phi) is 4.57. The number of nitrogens with one attached hydrogen (secondary N) is 2. The molecule has 2 heterocycles. The third-order valence-electron chi connectivity index (χ3n) is 4.70. The highest BCUT2D eigenvalue weighted by atomic mass is 16.2. The number of hydrogen-bond acceptors (Lipinski definition) is 4. The number of hydrogen-bond donors (Lipinski definition) is 2. The molecule has 24 heavy (non-hydrogen) atoms. The number of aromatic nitrogens is 2. The maximum Gasteiger partial charge on any atom is 0.334 e. The molecule has 0 spiro atoms. The number of anilines is 1. The van der Waals surface area contributed by atoms with Gasteiger partial charge < -0.3 is 5.32 Å². The van der Waals surface area contributed by atoms with Crippen molar-refractivity contribution in [2.45, 2.75) is 40.2 Å². The van der Waals surface area contributed by atoms with Crippen LogP contribution in [0.3, 0.4) is 0 Å². The van der Waals surface area contributed by atoms with E-state index in [1.54, 1.807) is 4.57 Å². The molecule has 0 fully saturated rings. The summed E-state index contributed by atoms with van der Waals surface area (Å²) in [6.45, 7) is 8.29. The van der Waals surface area contributed by atoms with Gasteiger partial charge in [-0.3, -0.25) is 14.7 Å². The molecule has 6 heteroatoms. The lowest BCUT2D eigenvalue weighted by atomic mass is 10.1. The summed E-state index contributed by atoms with van der Waals surface area (Å²) >= 11 is 0. The Morgan fingerprint density at radius 2 is 2.00 bits per heavy atom. The van der Waals surface area contributed by atoms with Gasteiger partial charge in [0.2, 0.25) is 0 Å². The second kappa shape index (κ2) is 6.65. The molecule has 0 radical (unpaired) electrons. The largest absolute Gasteiger partial charge is 0.358 e. The van der Waals surface area contributed by atoms with Crippen LogP contribution in [-0.2, 0) is 6.54 Å². The van der Waals surface area contributed by atoms with E-state index < -0.39 is 5.69 Å². The predicted octanol–water partition coefficient (Wildman–Crippen LogP) is 2.13. The summed E-state index contributed by atoms with van der Waals surface area (Å²) < 4.78 is 1.59. The van der Waals surface area contributed by atoms with Crippen LogP contribution < -0.4 is 16.6 Å². The molecule has 128 valence electrons. The Balaban J connectivity index is 2.12. The van der Waals surface area contributed by atoms with Crippen molar-refractivity contribution < 1.29 is 0 Å². The molecular weight excluding hydrogens is 304 g/mol. The van der Waals surface area contributed by atoms with Crippen molar-refractivity contribution in [2.75, 3.05) is 18.5 Å². The van der Waals surface area contributed by atoms with Gasteiger partial charge in [-0.15, -0.1) is 0 Å². The van der Waals surface area contributed by atoms with Gasteiger partial charge in [0.25, 0.3) is 5.56 Å². The Hall–Kier alpha value is -2.34. The van der Waals surface area contributed by atoms with Gasteiger partial charge in [0.1, 0.15) is 5.82 Å². The Bertz CT molecular complexity index is 866. The van der Waals surface area contributed by atoms with E-state index in [1.165, 1.54) is 0 Å². The minimum atomic E-state index is -0.401. The summed E-state index contributed by atoms with van der Waals surface area (Å²) in [5.74, 6) is 0.616. The lowest BCUT2D eigenvalue weighted by molar-refractivity contribution is 0.268. The molecule has 1 aromatic heterocycles. The highest BCUT2D eigenvalue weighted by Crippen LogP contribution is 2.24. The van der Waals surface area contributed by atoms with Gasteiger partial charge in [0.05, 0.1) is 17.9 Å². The standard InChI is InChI=1S/C18H24N4O2/c1-4-5-9-21-10-14-16(19-11-21)22(18(24)20-17(14)23)15-8-6-7-12(2)13(15)3/h6-8,19H,4-5,9-11H2,1-3H3,(H,20,23,24). The number of fused-ring (bicyclic) bond motifs is 1. The summed E-state index contributed by atoms with van der Waals surface area (Å²) in [7, 11) is 0. The van der Waals surface area contributed by atoms with E-state index in [0.717, 1.165) is 36.2 Å². The van der Waals surface area contributed by atoms with E-state index in [4.69, 9.17) is 0 Å². The van der Waals surface area contributed by atoms with Gasteiger partial charge in [-0.2, -0.15) is 0 Å². The third kappa shape index (κ3) is 2.89. The summed E-state index contributed by atoms with van der Waals surface area (Å²) in [5.41, 5.74) is 2.87. The van der Waals surface area contributed by atoms with Crippen LogP contribution in [0, 0.1) is 13.8 Å². The molecule has 1 aromatic carbocycles. The van der Waals surface area contributed by atoms with E-state index in [1.807, 2.05) is 32.0 Å². The molecule has 1 aliphatic heterocycles. The molecule has 0 atom stereocenters. The van der Waals surface area contributed by atoms with Crippen molar-refractivity contribution >= 4 is 5.82 Å². The van der Waals surface area contributed by atoms with Crippen LogP contribution in [0.5, 0.6) is 0 Å². The van der Waals surface area contributed by atoms with Crippen LogP contribution in [0.2, 0.25) is 0 Å².